The van der Waals surface area contributed by atoms with E-state index >= 15 is 0 Å². The number of H-pyrrole nitrogens is 1. The van der Waals surface area contributed by atoms with Crippen LogP contribution in [-0.4, -0.2) is 33.0 Å². The molecule has 8 heteroatoms. The first kappa shape index (κ1) is 15.3. The van der Waals surface area contributed by atoms with E-state index in [4.69, 9.17) is 9.57 Å². The summed E-state index contributed by atoms with van der Waals surface area (Å²) in [6, 6.07) is 13.6. The number of aromatic amines is 1. The smallest absolute Gasteiger partial charge is 0.381 e. The second-order valence-electron chi connectivity index (χ2n) is 6.04. The van der Waals surface area contributed by atoms with Crippen LogP contribution in [0.1, 0.15) is 36.8 Å². The van der Waals surface area contributed by atoms with Crippen LogP contribution in [0.3, 0.4) is 0 Å². The summed E-state index contributed by atoms with van der Waals surface area (Å²) in [6.07, 6.45) is 0. The van der Waals surface area contributed by atoms with Crippen LogP contribution in [-0.2, 0) is 11.4 Å². The quantitative estimate of drug-likeness (QED) is 0.703. The Labute approximate surface area is 152 Å². The molecule has 1 aromatic heterocycles. The molecule has 0 unspecified atom stereocenters. The van der Waals surface area contributed by atoms with Crippen LogP contribution >= 0.6 is 0 Å². The van der Waals surface area contributed by atoms with E-state index in [1.807, 2.05) is 24.3 Å². The van der Waals surface area contributed by atoms with Gasteiger partial charge in [-0.1, -0.05) is 29.3 Å². The third-order valence-electron chi connectivity index (χ3n) is 4.52. The number of carbonyl (C=O) groups is 3. The van der Waals surface area contributed by atoms with Gasteiger partial charge in [-0.25, -0.2) is 4.79 Å². The molecule has 3 aromatic rings. The van der Waals surface area contributed by atoms with Crippen molar-refractivity contribution in [1.29, 1.82) is 0 Å². The van der Waals surface area contributed by atoms with E-state index < -0.39 is 17.8 Å². The molecule has 8 nitrogen and oxygen atoms in total. The normalized spacial score (nSPS) is 14.3. The number of aromatic nitrogens is 2. The molecule has 27 heavy (non-hydrogen) atoms. The van der Waals surface area contributed by atoms with Gasteiger partial charge in [0, 0.05) is 5.56 Å². The number of amides is 2. The van der Waals surface area contributed by atoms with Gasteiger partial charge in [0.25, 0.3) is 11.8 Å². The Balaban J connectivity index is 1.45. The number of imide groups is 1. The number of nitrogens with zero attached hydrogens (tertiary/aromatic N) is 2. The lowest BCUT2D eigenvalue weighted by Crippen LogP contribution is -2.33. The van der Waals surface area contributed by atoms with E-state index in [1.165, 1.54) is 12.1 Å². The van der Waals surface area contributed by atoms with Crippen molar-refractivity contribution in [2.45, 2.75) is 6.61 Å². The minimum atomic E-state index is -0.888. The monoisotopic (exact) mass is 361 g/mol. The fourth-order valence-corrected chi connectivity index (χ4v) is 3.21. The molecule has 0 fully saturated rings. The van der Waals surface area contributed by atoms with E-state index in [0.29, 0.717) is 22.1 Å². The Kier molecular flexibility index (Phi) is 3.14. The third kappa shape index (κ3) is 2.16. The van der Waals surface area contributed by atoms with Crippen molar-refractivity contribution in [3.05, 3.63) is 70.9 Å². The number of rotatable bonds is 2. The molecule has 3 heterocycles. The Morgan fingerprint density at radius 3 is 2.33 bits per heavy atom. The van der Waals surface area contributed by atoms with Gasteiger partial charge in [0.2, 0.25) is 0 Å². The first-order chi connectivity index (χ1) is 13.1. The summed E-state index contributed by atoms with van der Waals surface area (Å²) >= 11 is 0. The van der Waals surface area contributed by atoms with Gasteiger partial charge in [0.15, 0.2) is 5.69 Å². The van der Waals surface area contributed by atoms with Crippen molar-refractivity contribution in [3.63, 3.8) is 0 Å². The third-order valence-corrected chi connectivity index (χ3v) is 4.52. The van der Waals surface area contributed by atoms with Gasteiger partial charge >= 0.3 is 5.97 Å². The molecular formula is C19H11N3O5. The van der Waals surface area contributed by atoms with Crippen molar-refractivity contribution < 1.29 is 24.0 Å². The van der Waals surface area contributed by atoms with Crippen molar-refractivity contribution in [2.75, 3.05) is 0 Å². The van der Waals surface area contributed by atoms with Crippen LogP contribution in [0.4, 0.5) is 0 Å². The van der Waals surface area contributed by atoms with Gasteiger partial charge in [0.05, 0.1) is 16.7 Å². The molecule has 132 valence electrons. The van der Waals surface area contributed by atoms with E-state index in [9.17, 15) is 14.4 Å². The average Bonchev–Trinajstić information content (AvgIpc) is 3.24. The van der Waals surface area contributed by atoms with Crippen molar-refractivity contribution in [2.24, 2.45) is 0 Å². The number of benzene rings is 2. The molecule has 0 bridgehead atoms. The van der Waals surface area contributed by atoms with Crippen LogP contribution in [0.2, 0.25) is 0 Å². The van der Waals surface area contributed by atoms with Gasteiger partial charge in [-0.2, -0.15) is 5.10 Å². The Morgan fingerprint density at radius 2 is 1.63 bits per heavy atom. The number of para-hydroxylation sites is 1. The minimum absolute atomic E-state index is 0.0380. The zero-order valence-electron chi connectivity index (χ0n) is 13.8. The lowest BCUT2D eigenvalue weighted by atomic mass is 10.0. The second kappa shape index (κ2) is 5.53. The summed E-state index contributed by atoms with van der Waals surface area (Å²) in [6.45, 7) is 0.120. The summed E-state index contributed by atoms with van der Waals surface area (Å²) in [7, 11) is 0. The topological polar surface area (TPSA) is 102 Å². The summed E-state index contributed by atoms with van der Waals surface area (Å²) in [5.74, 6) is -1.59. The zero-order chi connectivity index (χ0) is 18.5. The van der Waals surface area contributed by atoms with E-state index in [2.05, 4.69) is 10.2 Å². The molecule has 5 rings (SSSR count). The molecule has 0 radical (unpaired) electrons. The van der Waals surface area contributed by atoms with E-state index in [-0.39, 0.29) is 23.4 Å². The van der Waals surface area contributed by atoms with Crippen LogP contribution in [0.15, 0.2) is 48.5 Å². The van der Waals surface area contributed by atoms with Gasteiger partial charge in [-0.15, -0.1) is 0 Å². The lowest BCUT2D eigenvalue weighted by molar-refractivity contribution is -0.0589. The summed E-state index contributed by atoms with van der Waals surface area (Å²) in [5, 5.41) is 7.27. The van der Waals surface area contributed by atoms with Crippen LogP contribution in [0, 0.1) is 0 Å². The van der Waals surface area contributed by atoms with Crippen molar-refractivity contribution in [3.8, 4) is 17.0 Å². The molecule has 0 saturated carbocycles. The number of fused-ring (bicyclic) bond motifs is 4. The summed E-state index contributed by atoms with van der Waals surface area (Å²) in [5.41, 5.74) is 2.26. The van der Waals surface area contributed by atoms with Crippen molar-refractivity contribution in [1.82, 2.24) is 15.3 Å². The number of ether oxygens (including phenoxy) is 1. The fraction of sp³-hybridized carbons (Fsp3) is 0.0526. The predicted molar refractivity (Wildman–Crippen MR) is 90.7 cm³/mol. The number of hydrogen-bond donors (Lipinski definition) is 1. The summed E-state index contributed by atoms with van der Waals surface area (Å²) in [4.78, 5) is 42.4. The first-order valence-corrected chi connectivity index (χ1v) is 8.14. The predicted octanol–water partition coefficient (Wildman–Crippen LogP) is 2.34. The average molecular weight is 361 g/mol. The number of hydrogen-bond acceptors (Lipinski definition) is 6. The SMILES string of the molecule is O=C(ON1C(=O)c2ccccc2C1=O)c1[nH]nc2c1COc1ccccc1-2. The van der Waals surface area contributed by atoms with Gasteiger partial charge in [-0.05, 0) is 24.3 Å². The molecule has 0 saturated heterocycles. The number of hydroxylamine groups is 2. The maximum atomic E-state index is 12.6. The minimum Gasteiger partial charge on any atom is -0.488 e. The lowest BCUT2D eigenvalue weighted by Gasteiger charge is -2.17. The highest BCUT2D eigenvalue weighted by atomic mass is 16.7. The molecule has 2 aliphatic heterocycles. The van der Waals surface area contributed by atoms with Crippen LogP contribution in [0.5, 0.6) is 5.75 Å². The standard InChI is InChI=1S/C19H11N3O5/c23-17-10-5-1-2-6-11(10)18(24)22(17)27-19(25)16-13-9-26-14-8-4-3-7-12(14)15(13)20-21-16/h1-8H,9H2,(H,20,21). The zero-order valence-corrected chi connectivity index (χ0v) is 13.8. The Morgan fingerprint density at radius 1 is 1.00 bits per heavy atom. The van der Waals surface area contributed by atoms with Gasteiger partial charge in [-0.3, -0.25) is 14.7 Å². The maximum Gasteiger partial charge on any atom is 0.381 e. The van der Waals surface area contributed by atoms with Crippen LogP contribution in [0.25, 0.3) is 11.3 Å². The molecule has 2 aliphatic rings. The highest BCUT2D eigenvalue weighted by molar-refractivity contribution is 6.21. The number of carbonyl (C=O) groups excluding carboxylic acids is 3. The largest absolute Gasteiger partial charge is 0.488 e. The highest BCUT2D eigenvalue weighted by Gasteiger charge is 2.39. The van der Waals surface area contributed by atoms with Crippen LogP contribution < -0.4 is 4.74 Å². The van der Waals surface area contributed by atoms with E-state index in [1.54, 1.807) is 12.1 Å². The van der Waals surface area contributed by atoms with Gasteiger partial charge in [0.1, 0.15) is 18.1 Å². The molecular weight excluding hydrogens is 350 g/mol. The number of nitrogens with one attached hydrogen (secondary N) is 1. The summed E-state index contributed by atoms with van der Waals surface area (Å²) < 4.78 is 5.65. The van der Waals surface area contributed by atoms with E-state index in [0.717, 1.165) is 5.56 Å². The fourth-order valence-electron chi connectivity index (χ4n) is 3.21. The molecule has 0 aliphatic carbocycles. The Hall–Kier alpha value is -3.94. The first-order valence-electron chi connectivity index (χ1n) is 8.14. The van der Waals surface area contributed by atoms with Crippen molar-refractivity contribution >= 4 is 17.8 Å². The maximum absolute atomic E-state index is 12.6. The molecule has 2 aromatic carbocycles. The second-order valence-corrected chi connectivity index (χ2v) is 6.04. The molecule has 1 N–H and O–H groups in total. The van der Waals surface area contributed by atoms with Gasteiger partial charge < -0.3 is 9.57 Å². The highest BCUT2D eigenvalue weighted by Crippen LogP contribution is 2.37. The molecule has 0 spiro atoms. The molecule has 0 atom stereocenters. The molecule has 2 amide bonds. The Bertz CT molecular complexity index is 1100.